The van der Waals surface area contributed by atoms with Gasteiger partial charge in [0.2, 0.25) is 0 Å². The predicted molar refractivity (Wildman–Crippen MR) is 251 cm³/mol. The van der Waals surface area contributed by atoms with Crippen LogP contribution in [0.1, 0.15) is 175 Å². The van der Waals surface area contributed by atoms with Crippen LogP contribution in [0.15, 0.2) is 122 Å². The van der Waals surface area contributed by atoms with Gasteiger partial charge in [-0.2, -0.15) is 0 Å². The van der Waals surface area contributed by atoms with E-state index in [0.717, 1.165) is 116 Å². The maximum atomic E-state index is 12.6. The average molecular weight is 801 g/mol. The molecule has 0 fully saturated rings. The van der Waals surface area contributed by atoms with Crippen molar-refractivity contribution < 1.29 is 23.8 Å². The highest BCUT2D eigenvalue weighted by Gasteiger charge is 2.17. The second-order valence-corrected chi connectivity index (χ2v) is 14.5. The fourth-order valence-electron chi connectivity index (χ4n) is 5.66. The molecule has 0 bridgehead atoms. The lowest BCUT2D eigenvalue weighted by Gasteiger charge is -2.18. The minimum atomic E-state index is -0.593. The summed E-state index contributed by atoms with van der Waals surface area (Å²) in [7, 11) is 0. The molecule has 0 saturated heterocycles. The van der Waals surface area contributed by atoms with Gasteiger partial charge in [-0.1, -0.05) is 187 Å². The molecule has 1 unspecified atom stereocenters. The summed E-state index contributed by atoms with van der Waals surface area (Å²) in [5, 5.41) is 0. The molecular weight excluding hydrogens is 717 g/mol. The zero-order valence-corrected chi connectivity index (χ0v) is 37.3. The molecule has 0 rings (SSSR count). The van der Waals surface area contributed by atoms with E-state index in [-0.39, 0.29) is 25.2 Å². The Morgan fingerprint density at radius 1 is 0.397 bits per heavy atom. The number of carbonyl (C=O) groups excluding carboxylic acids is 2. The second-order valence-electron chi connectivity index (χ2n) is 14.5. The maximum absolute atomic E-state index is 12.6. The predicted octanol–water partition coefficient (Wildman–Crippen LogP) is 15.4. The first-order valence-corrected chi connectivity index (χ1v) is 23.1. The summed E-state index contributed by atoms with van der Waals surface area (Å²) in [6, 6.07) is 0. The Bertz CT molecular complexity index is 1220. The van der Waals surface area contributed by atoms with E-state index in [2.05, 4.69) is 142 Å². The first kappa shape index (κ1) is 54.3. The minimum Gasteiger partial charge on any atom is -0.462 e. The van der Waals surface area contributed by atoms with Gasteiger partial charge in [0.25, 0.3) is 0 Å². The van der Waals surface area contributed by atoms with E-state index in [1.54, 1.807) is 0 Å². The number of hydrogen-bond acceptors (Lipinski definition) is 5. The Morgan fingerprint density at radius 2 is 0.776 bits per heavy atom. The number of carbonyl (C=O) groups is 2. The van der Waals surface area contributed by atoms with Crippen LogP contribution in [0.2, 0.25) is 0 Å². The number of unbranched alkanes of at least 4 members (excludes halogenated alkanes) is 9. The standard InChI is InChI=1S/C53H84O5/c1-4-7-10-13-16-18-20-22-24-26-27-28-29-31-33-35-38-40-43-46-52(54)57-50-51(58-53(55)47-44-41-37-15-12-9-6-3)49-56-48-45-42-39-36-34-32-30-25-23-21-19-17-14-11-8-5-2/h7-8,10-11,16-19,22-25,27-28,31-34,39,42,51H,4-6,9,12-15,20-21,26,29-30,35-38,40-41,43-50H2,1-3H3/b10-7-,11-8-,18-16-,19-17-,24-22-,25-23-,28-27-,33-31-,34-32-,42-39-. The zero-order valence-electron chi connectivity index (χ0n) is 37.3. The van der Waals surface area contributed by atoms with Gasteiger partial charge in [0.05, 0.1) is 13.2 Å². The quantitative estimate of drug-likeness (QED) is 0.0351. The molecule has 326 valence electrons. The third kappa shape index (κ3) is 45.0. The van der Waals surface area contributed by atoms with E-state index >= 15 is 0 Å². The molecule has 0 aromatic heterocycles. The smallest absolute Gasteiger partial charge is 0.306 e. The van der Waals surface area contributed by atoms with Crippen LogP contribution in [0.4, 0.5) is 0 Å². The van der Waals surface area contributed by atoms with Gasteiger partial charge >= 0.3 is 11.9 Å². The highest BCUT2D eigenvalue weighted by atomic mass is 16.6. The van der Waals surface area contributed by atoms with Gasteiger partial charge in [-0.05, 0) is 96.3 Å². The maximum Gasteiger partial charge on any atom is 0.306 e. The number of ether oxygens (including phenoxy) is 3. The molecule has 0 heterocycles. The highest BCUT2D eigenvalue weighted by molar-refractivity contribution is 5.70. The van der Waals surface area contributed by atoms with Crippen molar-refractivity contribution in [1.82, 2.24) is 0 Å². The Kier molecular flexibility index (Phi) is 44.6. The van der Waals surface area contributed by atoms with Gasteiger partial charge in [0, 0.05) is 12.8 Å². The van der Waals surface area contributed by atoms with Crippen molar-refractivity contribution in [3.63, 3.8) is 0 Å². The Morgan fingerprint density at radius 3 is 1.24 bits per heavy atom. The van der Waals surface area contributed by atoms with Gasteiger partial charge in [-0.15, -0.1) is 0 Å². The van der Waals surface area contributed by atoms with Gasteiger partial charge in [0.1, 0.15) is 6.61 Å². The van der Waals surface area contributed by atoms with Crippen molar-refractivity contribution in [2.24, 2.45) is 0 Å². The van der Waals surface area contributed by atoms with Gasteiger partial charge < -0.3 is 14.2 Å². The van der Waals surface area contributed by atoms with Gasteiger partial charge in [-0.3, -0.25) is 9.59 Å². The molecule has 5 heteroatoms. The summed E-state index contributed by atoms with van der Waals surface area (Å²) in [6.45, 7) is 7.29. The lowest BCUT2D eigenvalue weighted by atomic mass is 10.1. The van der Waals surface area contributed by atoms with Crippen LogP contribution in [-0.4, -0.2) is 37.9 Å². The molecule has 0 aromatic carbocycles. The normalized spacial score (nSPS) is 13.4. The first-order chi connectivity index (χ1) is 28.6. The number of allylic oxidation sites excluding steroid dienone is 19. The Balaban J connectivity index is 4.35. The van der Waals surface area contributed by atoms with Crippen LogP contribution in [0, 0.1) is 0 Å². The molecule has 0 radical (unpaired) electrons. The molecule has 0 aliphatic heterocycles. The van der Waals surface area contributed by atoms with E-state index in [9.17, 15) is 9.59 Å². The topological polar surface area (TPSA) is 61.8 Å². The molecule has 0 N–H and O–H groups in total. The van der Waals surface area contributed by atoms with Crippen molar-refractivity contribution in [3.05, 3.63) is 122 Å². The lowest BCUT2D eigenvalue weighted by Crippen LogP contribution is -2.30. The summed E-state index contributed by atoms with van der Waals surface area (Å²) < 4.78 is 17.1. The molecule has 1 atom stereocenters. The molecule has 0 amide bonds. The molecule has 0 aliphatic rings. The van der Waals surface area contributed by atoms with Gasteiger partial charge in [-0.25, -0.2) is 0 Å². The van der Waals surface area contributed by atoms with Crippen LogP contribution in [-0.2, 0) is 23.8 Å². The van der Waals surface area contributed by atoms with Crippen molar-refractivity contribution >= 4 is 11.9 Å². The molecular formula is C53H84O5. The van der Waals surface area contributed by atoms with Crippen molar-refractivity contribution in [3.8, 4) is 0 Å². The fraction of sp³-hybridized carbons (Fsp3) is 0.585. The third-order valence-electron chi connectivity index (χ3n) is 9.01. The number of esters is 2. The Labute approximate surface area is 356 Å². The monoisotopic (exact) mass is 801 g/mol. The molecule has 0 spiro atoms. The van der Waals surface area contributed by atoms with Crippen LogP contribution in [0.5, 0.6) is 0 Å². The van der Waals surface area contributed by atoms with E-state index in [0.29, 0.717) is 19.4 Å². The third-order valence-corrected chi connectivity index (χ3v) is 9.01. The second kappa shape index (κ2) is 47.7. The Hall–Kier alpha value is -3.70. The highest BCUT2D eigenvalue weighted by Crippen LogP contribution is 2.11. The molecule has 0 aliphatic carbocycles. The van der Waals surface area contributed by atoms with Crippen molar-refractivity contribution in [1.29, 1.82) is 0 Å². The number of rotatable bonds is 40. The minimum absolute atomic E-state index is 0.0310. The zero-order chi connectivity index (χ0) is 42.1. The molecule has 5 nitrogen and oxygen atoms in total. The van der Waals surface area contributed by atoms with E-state index < -0.39 is 6.10 Å². The van der Waals surface area contributed by atoms with Crippen molar-refractivity contribution in [2.75, 3.05) is 19.8 Å². The summed E-state index contributed by atoms with van der Waals surface area (Å²) >= 11 is 0. The first-order valence-electron chi connectivity index (χ1n) is 23.1. The van der Waals surface area contributed by atoms with Crippen LogP contribution in [0.25, 0.3) is 0 Å². The lowest BCUT2D eigenvalue weighted by molar-refractivity contribution is -0.162. The van der Waals surface area contributed by atoms with Crippen LogP contribution < -0.4 is 0 Å². The molecule has 0 aromatic rings. The van der Waals surface area contributed by atoms with Gasteiger partial charge in [0.15, 0.2) is 6.10 Å². The van der Waals surface area contributed by atoms with Crippen molar-refractivity contribution in [2.45, 2.75) is 181 Å². The largest absolute Gasteiger partial charge is 0.462 e. The molecule has 58 heavy (non-hydrogen) atoms. The van der Waals surface area contributed by atoms with Crippen LogP contribution in [0.3, 0.4) is 0 Å². The average Bonchev–Trinajstić information content (AvgIpc) is 3.22. The SMILES string of the molecule is CC/C=C\C/C=C\C/C=C\C/C=C\C/C=C\CCCCCC(=O)OCC(COCC/C=C\C/C=C\C/C=C\C/C=C\C/C=C\CC)OC(=O)CCCCCCCCC. The van der Waals surface area contributed by atoms with Crippen LogP contribution >= 0.6 is 0 Å². The van der Waals surface area contributed by atoms with E-state index in [4.69, 9.17) is 14.2 Å². The summed E-state index contributed by atoms with van der Waals surface area (Å²) in [5.41, 5.74) is 0. The summed E-state index contributed by atoms with van der Waals surface area (Å²) in [4.78, 5) is 25.1. The summed E-state index contributed by atoms with van der Waals surface area (Å²) in [5.74, 6) is -0.493. The van der Waals surface area contributed by atoms with E-state index in [1.807, 2.05) is 0 Å². The summed E-state index contributed by atoms with van der Waals surface area (Å²) in [6.07, 6.45) is 66.6. The molecule has 0 saturated carbocycles. The van der Waals surface area contributed by atoms with E-state index in [1.165, 1.54) is 25.7 Å². The number of hydrogen-bond donors (Lipinski definition) is 0. The fourth-order valence-corrected chi connectivity index (χ4v) is 5.66.